The van der Waals surface area contributed by atoms with Gasteiger partial charge in [-0.3, -0.25) is 9.59 Å². The Morgan fingerprint density at radius 3 is 2.45 bits per heavy atom. The molecule has 0 aliphatic heterocycles. The molecule has 0 aromatic heterocycles. The molecule has 0 fully saturated rings. The zero-order chi connectivity index (χ0) is 16.9. The van der Waals surface area contributed by atoms with E-state index in [0.29, 0.717) is 11.1 Å². The van der Waals surface area contributed by atoms with Crippen molar-refractivity contribution in [1.29, 1.82) is 5.26 Å². The number of nitrogens with zero attached hydrogens (tertiary/aromatic N) is 1. The number of carbonyl (C=O) groups is 2. The largest absolute Gasteiger partial charge is 0.481 e. The fraction of sp³-hybridized carbons (Fsp3) is 0.438. The minimum atomic E-state index is -1.48. The van der Waals surface area contributed by atoms with E-state index in [1.807, 2.05) is 6.07 Å². The van der Waals surface area contributed by atoms with Gasteiger partial charge in [0, 0.05) is 6.04 Å². The van der Waals surface area contributed by atoms with Crippen molar-refractivity contribution >= 4 is 11.9 Å². The Balaban J connectivity index is 2.95. The zero-order valence-corrected chi connectivity index (χ0v) is 12.9. The van der Waals surface area contributed by atoms with Gasteiger partial charge in [0.25, 0.3) is 0 Å². The summed E-state index contributed by atoms with van der Waals surface area (Å²) in [5.41, 5.74) is 6.12. The van der Waals surface area contributed by atoms with Crippen molar-refractivity contribution in [3.8, 4) is 6.07 Å². The number of carboxylic acids is 1. The number of esters is 1. The van der Waals surface area contributed by atoms with Crippen molar-refractivity contribution < 1.29 is 19.4 Å². The van der Waals surface area contributed by atoms with Crippen LogP contribution in [-0.2, 0) is 20.7 Å². The van der Waals surface area contributed by atoms with Crippen LogP contribution in [0.25, 0.3) is 0 Å². The highest BCUT2D eigenvalue weighted by Crippen LogP contribution is 2.18. The van der Waals surface area contributed by atoms with Crippen molar-refractivity contribution in [3.63, 3.8) is 0 Å². The lowest BCUT2D eigenvalue weighted by atomic mass is 9.92. The lowest BCUT2D eigenvalue weighted by Gasteiger charge is -2.25. The summed E-state index contributed by atoms with van der Waals surface area (Å²) in [6.45, 7) is 4.96. The lowest BCUT2D eigenvalue weighted by molar-refractivity contribution is -0.167. The molecular formula is C16H20N2O4. The third-order valence-corrected chi connectivity index (χ3v) is 2.95. The summed E-state index contributed by atoms with van der Waals surface area (Å²) in [5, 5.41) is 18.3. The fourth-order valence-corrected chi connectivity index (χ4v) is 2.00. The van der Waals surface area contributed by atoms with Crippen LogP contribution in [0, 0.1) is 17.2 Å². The van der Waals surface area contributed by atoms with E-state index in [1.54, 1.807) is 45.0 Å². The van der Waals surface area contributed by atoms with Crippen LogP contribution in [0.5, 0.6) is 0 Å². The molecule has 0 amide bonds. The van der Waals surface area contributed by atoms with Gasteiger partial charge < -0.3 is 15.6 Å². The second kappa shape index (κ2) is 7.05. The Morgan fingerprint density at radius 1 is 1.36 bits per heavy atom. The SMILES string of the molecule is CC(C)(C)OC(=O)[C@H](C(=O)O)C(N)Cc1ccccc1C#N. The highest BCUT2D eigenvalue weighted by Gasteiger charge is 2.36. The molecule has 1 unspecified atom stereocenters. The Labute approximate surface area is 129 Å². The van der Waals surface area contributed by atoms with Crippen LogP contribution in [0.15, 0.2) is 24.3 Å². The van der Waals surface area contributed by atoms with Crippen LogP contribution >= 0.6 is 0 Å². The molecule has 1 rings (SSSR count). The predicted octanol–water partition coefficient (Wildman–Crippen LogP) is 1.47. The molecule has 0 aliphatic carbocycles. The predicted molar refractivity (Wildman–Crippen MR) is 79.8 cm³/mol. The summed E-state index contributed by atoms with van der Waals surface area (Å²) in [5.74, 6) is -3.69. The molecule has 6 heteroatoms. The van der Waals surface area contributed by atoms with Crippen LogP contribution in [0.3, 0.4) is 0 Å². The molecule has 118 valence electrons. The number of nitrogens with two attached hydrogens (primary N) is 1. The maximum Gasteiger partial charge on any atom is 0.322 e. The number of hydrogen-bond acceptors (Lipinski definition) is 5. The van der Waals surface area contributed by atoms with Crippen molar-refractivity contribution in [2.45, 2.75) is 38.8 Å². The lowest BCUT2D eigenvalue weighted by Crippen LogP contribution is -2.45. The van der Waals surface area contributed by atoms with Crippen molar-refractivity contribution in [2.24, 2.45) is 11.7 Å². The highest BCUT2D eigenvalue weighted by atomic mass is 16.6. The molecule has 3 N–H and O–H groups in total. The number of hydrogen-bond donors (Lipinski definition) is 2. The number of benzene rings is 1. The van der Waals surface area contributed by atoms with Gasteiger partial charge in [0.05, 0.1) is 11.6 Å². The Hall–Kier alpha value is -2.39. The summed E-state index contributed by atoms with van der Waals surface area (Å²) < 4.78 is 5.11. The van der Waals surface area contributed by atoms with Crippen LogP contribution in [0.2, 0.25) is 0 Å². The smallest absolute Gasteiger partial charge is 0.322 e. The van der Waals surface area contributed by atoms with Gasteiger partial charge in [0.15, 0.2) is 5.92 Å². The maximum atomic E-state index is 12.0. The van der Waals surface area contributed by atoms with Crippen molar-refractivity contribution in [1.82, 2.24) is 0 Å². The molecule has 0 saturated carbocycles. The van der Waals surface area contributed by atoms with E-state index < -0.39 is 29.5 Å². The second-order valence-electron chi connectivity index (χ2n) is 5.99. The number of ether oxygens (including phenoxy) is 1. The van der Waals surface area contributed by atoms with Crippen LogP contribution in [-0.4, -0.2) is 28.7 Å². The third-order valence-electron chi connectivity index (χ3n) is 2.95. The summed E-state index contributed by atoms with van der Waals surface area (Å²) >= 11 is 0. The van der Waals surface area contributed by atoms with E-state index >= 15 is 0 Å². The van der Waals surface area contributed by atoms with Crippen LogP contribution in [0.1, 0.15) is 31.9 Å². The van der Waals surface area contributed by atoms with Crippen LogP contribution in [0.4, 0.5) is 0 Å². The average molecular weight is 304 g/mol. The van der Waals surface area contributed by atoms with E-state index in [-0.39, 0.29) is 6.42 Å². The minimum Gasteiger partial charge on any atom is -0.481 e. The normalized spacial score (nSPS) is 13.8. The molecule has 0 saturated heterocycles. The first-order valence-electron chi connectivity index (χ1n) is 6.85. The molecule has 1 aromatic rings. The molecule has 0 heterocycles. The summed E-state index contributed by atoms with van der Waals surface area (Å²) in [6, 6.07) is 7.77. The molecule has 0 aliphatic rings. The van der Waals surface area contributed by atoms with E-state index in [1.165, 1.54) is 0 Å². The van der Waals surface area contributed by atoms with Gasteiger partial charge in [-0.1, -0.05) is 18.2 Å². The van der Waals surface area contributed by atoms with Gasteiger partial charge in [-0.15, -0.1) is 0 Å². The van der Waals surface area contributed by atoms with Crippen molar-refractivity contribution in [2.75, 3.05) is 0 Å². The number of carbonyl (C=O) groups excluding carboxylic acids is 1. The molecule has 2 atom stereocenters. The van der Waals surface area contributed by atoms with E-state index in [2.05, 4.69) is 0 Å². The average Bonchev–Trinajstić information content (AvgIpc) is 2.36. The van der Waals surface area contributed by atoms with Gasteiger partial charge in [0.1, 0.15) is 5.60 Å². The van der Waals surface area contributed by atoms with Gasteiger partial charge in [-0.05, 0) is 38.8 Å². The number of carboxylic acid groups (broad SMARTS) is 1. The van der Waals surface area contributed by atoms with Gasteiger partial charge >= 0.3 is 11.9 Å². The molecule has 0 bridgehead atoms. The van der Waals surface area contributed by atoms with E-state index in [9.17, 15) is 14.7 Å². The molecule has 1 aromatic carbocycles. The molecule has 0 radical (unpaired) electrons. The summed E-state index contributed by atoms with van der Waals surface area (Å²) in [6.07, 6.45) is 0.0972. The Kier molecular flexibility index (Phi) is 5.66. The summed E-state index contributed by atoms with van der Waals surface area (Å²) in [4.78, 5) is 23.4. The Morgan fingerprint density at radius 2 is 1.95 bits per heavy atom. The number of aliphatic carboxylic acids is 1. The molecule has 6 nitrogen and oxygen atoms in total. The quantitative estimate of drug-likeness (QED) is 0.629. The minimum absolute atomic E-state index is 0.0972. The van der Waals surface area contributed by atoms with Gasteiger partial charge in [-0.25, -0.2) is 0 Å². The first-order chi connectivity index (χ1) is 10.2. The first kappa shape index (κ1) is 17.7. The monoisotopic (exact) mass is 304 g/mol. The van der Waals surface area contributed by atoms with Gasteiger partial charge in [-0.2, -0.15) is 5.26 Å². The molecule has 22 heavy (non-hydrogen) atoms. The van der Waals surface area contributed by atoms with Crippen LogP contribution < -0.4 is 5.73 Å². The highest BCUT2D eigenvalue weighted by molar-refractivity contribution is 5.95. The first-order valence-corrected chi connectivity index (χ1v) is 6.85. The number of nitriles is 1. The van der Waals surface area contributed by atoms with Gasteiger partial charge in [0.2, 0.25) is 0 Å². The third kappa shape index (κ3) is 4.86. The number of rotatable bonds is 5. The second-order valence-corrected chi connectivity index (χ2v) is 5.99. The molecular weight excluding hydrogens is 284 g/mol. The summed E-state index contributed by atoms with van der Waals surface area (Å²) in [7, 11) is 0. The fourth-order valence-electron chi connectivity index (χ4n) is 2.00. The molecule has 0 spiro atoms. The van der Waals surface area contributed by atoms with Crippen molar-refractivity contribution in [3.05, 3.63) is 35.4 Å². The topological polar surface area (TPSA) is 113 Å². The van der Waals surface area contributed by atoms with E-state index in [0.717, 1.165) is 0 Å². The zero-order valence-electron chi connectivity index (χ0n) is 12.9. The van der Waals surface area contributed by atoms with E-state index in [4.69, 9.17) is 15.7 Å². The maximum absolute atomic E-state index is 12.0. The standard InChI is InChI=1S/C16H20N2O4/c1-16(2,3)22-15(21)13(14(19)20)12(18)8-10-6-4-5-7-11(10)9-17/h4-7,12-13H,8,18H2,1-3H3,(H,19,20)/t12?,13-/m0/s1. The Bertz CT molecular complexity index is 599.